The summed E-state index contributed by atoms with van der Waals surface area (Å²) in [6.45, 7) is 1.78. The molecule has 4 heteroatoms. The van der Waals surface area contributed by atoms with Gasteiger partial charge in [-0.25, -0.2) is 0 Å². The maximum Gasteiger partial charge on any atom is 0.247 e. The monoisotopic (exact) mass is 210 g/mol. The molecule has 0 fully saturated rings. The van der Waals surface area contributed by atoms with E-state index in [-0.39, 0.29) is 0 Å². The average molecular weight is 211 g/mol. The standard InChI is InChI=1S/C10H11ClN2O/c1-7-12-13-10(14-7)9-4-2-8(6-11)3-5-9/h2,4-5,8H,3,6H2,1H3. The molecule has 0 N–H and O–H groups in total. The molecule has 1 unspecified atom stereocenters. The van der Waals surface area contributed by atoms with Crippen LogP contribution in [0.5, 0.6) is 0 Å². The van der Waals surface area contributed by atoms with E-state index in [1.165, 1.54) is 0 Å². The minimum absolute atomic E-state index is 0.435. The summed E-state index contributed by atoms with van der Waals surface area (Å²) in [5.74, 6) is 2.27. The second-order valence-electron chi connectivity index (χ2n) is 3.29. The van der Waals surface area contributed by atoms with Gasteiger partial charge < -0.3 is 4.42 Å². The lowest BCUT2D eigenvalue weighted by Gasteiger charge is -2.10. The van der Waals surface area contributed by atoms with Gasteiger partial charge in [0.15, 0.2) is 0 Å². The smallest absolute Gasteiger partial charge is 0.247 e. The molecule has 0 aliphatic heterocycles. The summed E-state index contributed by atoms with van der Waals surface area (Å²) < 4.78 is 5.32. The van der Waals surface area contributed by atoms with Crippen LogP contribution in [-0.2, 0) is 0 Å². The highest BCUT2D eigenvalue weighted by Crippen LogP contribution is 2.23. The highest BCUT2D eigenvalue weighted by atomic mass is 35.5. The van der Waals surface area contributed by atoms with Crippen molar-refractivity contribution < 1.29 is 4.42 Å². The Kier molecular flexibility index (Phi) is 2.68. The number of halogens is 1. The molecule has 14 heavy (non-hydrogen) atoms. The predicted molar refractivity (Wildman–Crippen MR) is 55.0 cm³/mol. The Morgan fingerprint density at radius 2 is 2.43 bits per heavy atom. The van der Waals surface area contributed by atoms with Gasteiger partial charge in [-0.15, -0.1) is 21.8 Å². The van der Waals surface area contributed by atoms with Crippen molar-refractivity contribution in [3.05, 3.63) is 30.0 Å². The van der Waals surface area contributed by atoms with Crippen LogP contribution in [0.25, 0.3) is 5.57 Å². The number of alkyl halides is 1. The van der Waals surface area contributed by atoms with Crippen molar-refractivity contribution in [3.8, 4) is 0 Å². The lowest BCUT2D eigenvalue weighted by atomic mass is 9.98. The molecule has 1 heterocycles. The minimum atomic E-state index is 0.435. The number of nitrogens with zero attached hydrogens (tertiary/aromatic N) is 2. The van der Waals surface area contributed by atoms with Gasteiger partial charge in [0, 0.05) is 18.4 Å². The molecule has 1 aromatic rings. The zero-order valence-corrected chi connectivity index (χ0v) is 8.66. The second kappa shape index (κ2) is 3.96. The van der Waals surface area contributed by atoms with E-state index in [0.29, 0.717) is 23.6 Å². The molecule has 0 bridgehead atoms. The topological polar surface area (TPSA) is 38.9 Å². The quantitative estimate of drug-likeness (QED) is 0.705. The van der Waals surface area contributed by atoms with Gasteiger partial charge in [0.25, 0.3) is 0 Å². The highest BCUT2D eigenvalue weighted by molar-refractivity contribution is 6.18. The van der Waals surface area contributed by atoms with Crippen molar-refractivity contribution in [1.82, 2.24) is 10.2 Å². The Bertz CT molecular complexity index is 381. The van der Waals surface area contributed by atoms with Crippen molar-refractivity contribution in [2.75, 3.05) is 5.88 Å². The van der Waals surface area contributed by atoms with Crippen molar-refractivity contribution >= 4 is 17.2 Å². The predicted octanol–water partition coefficient (Wildman–Crippen LogP) is 2.58. The fourth-order valence-electron chi connectivity index (χ4n) is 1.35. The second-order valence-corrected chi connectivity index (χ2v) is 3.60. The summed E-state index contributed by atoms with van der Waals surface area (Å²) in [5, 5.41) is 7.73. The molecule has 1 atom stereocenters. The molecule has 1 aliphatic carbocycles. The van der Waals surface area contributed by atoms with Crippen LogP contribution < -0.4 is 0 Å². The first kappa shape index (κ1) is 9.46. The third-order valence-corrected chi connectivity index (χ3v) is 2.56. The van der Waals surface area contributed by atoms with Gasteiger partial charge in [-0.1, -0.05) is 18.2 Å². The number of rotatable bonds is 2. The Hall–Kier alpha value is -1.09. The van der Waals surface area contributed by atoms with Crippen LogP contribution in [0.15, 0.2) is 22.6 Å². The van der Waals surface area contributed by atoms with E-state index in [0.717, 1.165) is 12.0 Å². The molecule has 3 nitrogen and oxygen atoms in total. The van der Waals surface area contributed by atoms with Gasteiger partial charge in [-0.05, 0) is 12.3 Å². The molecule has 0 amide bonds. The van der Waals surface area contributed by atoms with Crippen molar-refractivity contribution in [2.24, 2.45) is 5.92 Å². The van der Waals surface area contributed by atoms with Gasteiger partial charge in [0.2, 0.25) is 11.8 Å². The number of hydrogen-bond acceptors (Lipinski definition) is 3. The van der Waals surface area contributed by atoms with E-state index in [1.54, 1.807) is 6.92 Å². The third-order valence-electron chi connectivity index (χ3n) is 2.16. The van der Waals surface area contributed by atoms with E-state index in [4.69, 9.17) is 16.0 Å². The Morgan fingerprint density at radius 3 is 2.93 bits per heavy atom. The van der Waals surface area contributed by atoms with Crippen LogP contribution in [0.3, 0.4) is 0 Å². The maximum absolute atomic E-state index is 5.75. The molecule has 0 saturated carbocycles. The molecule has 1 aliphatic rings. The van der Waals surface area contributed by atoms with E-state index in [9.17, 15) is 0 Å². The first-order valence-electron chi connectivity index (χ1n) is 4.54. The van der Waals surface area contributed by atoms with Gasteiger partial charge >= 0.3 is 0 Å². The summed E-state index contributed by atoms with van der Waals surface area (Å²) in [6, 6.07) is 0. The van der Waals surface area contributed by atoms with Crippen LogP contribution in [0, 0.1) is 12.8 Å². The fraction of sp³-hybridized carbons (Fsp3) is 0.400. The van der Waals surface area contributed by atoms with Crippen LogP contribution >= 0.6 is 11.6 Å². The molecular formula is C10H11ClN2O. The number of allylic oxidation sites excluding steroid dienone is 4. The molecule has 1 aromatic heterocycles. The van der Waals surface area contributed by atoms with Crippen molar-refractivity contribution in [1.29, 1.82) is 0 Å². The summed E-state index contributed by atoms with van der Waals surface area (Å²) >= 11 is 5.75. The van der Waals surface area contributed by atoms with E-state index >= 15 is 0 Å². The third kappa shape index (κ3) is 1.87. The summed E-state index contributed by atoms with van der Waals surface area (Å²) in [7, 11) is 0. The molecule has 0 spiro atoms. The Balaban J connectivity index is 2.15. The zero-order valence-electron chi connectivity index (χ0n) is 7.90. The fourth-order valence-corrected chi connectivity index (χ4v) is 1.58. The molecule has 0 aromatic carbocycles. The number of aromatic nitrogens is 2. The van der Waals surface area contributed by atoms with E-state index < -0.39 is 0 Å². The van der Waals surface area contributed by atoms with Gasteiger partial charge in [-0.2, -0.15) is 0 Å². The van der Waals surface area contributed by atoms with Crippen LogP contribution in [0.4, 0.5) is 0 Å². The van der Waals surface area contributed by atoms with Crippen LogP contribution in [-0.4, -0.2) is 16.1 Å². The SMILES string of the molecule is Cc1nnc(C2=CCC(CCl)C=C2)o1. The highest BCUT2D eigenvalue weighted by Gasteiger charge is 2.12. The lowest BCUT2D eigenvalue weighted by molar-refractivity contribution is 0.506. The Labute approximate surface area is 87.5 Å². The normalized spacial score (nSPS) is 21.0. The summed E-state index contributed by atoms with van der Waals surface area (Å²) in [6.07, 6.45) is 7.10. The lowest BCUT2D eigenvalue weighted by Crippen LogP contribution is -2.00. The first-order chi connectivity index (χ1) is 6.79. The molecule has 0 saturated heterocycles. The summed E-state index contributed by atoms with van der Waals surface area (Å²) in [5.41, 5.74) is 0.993. The molecule has 74 valence electrons. The average Bonchev–Trinajstić information content (AvgIpc) is 2.65. The number of hydrogen-bond donors (Lipinski definition) is 0. The minimum Gasteiger partial charge on any atom is -0.421 e. The van der Waals surface area contributed by atoms with Crippen molar-refractivity contribution in [3.63, 3.8) is 0 Å². The van der Waals surface area contributed by atoms with Crippen molar-refractivity contribution in [2.45, 2.75) is 13.3 Å². The van der Waals surface area contributed by atoms with Crippen LogP contribution in [0.1, 0.15) is 18.2 Å². The maximum atomic E-state index is 5.75. The van der Waals surface area contributed by atoms with Crippen LogP contribution in [0.2, 0.25) is 0 Å². The molecular weight excluding hydrogens is 200 g/mol. The largest absolute Gasteiger partial charge is 0.421 e. The van der Waals surface area contributed by atoms with E-state index in [2.05, 4.69) is 22.3 Å². The molecule has 0 radical (unpaired) electrons. The summed E-state index contributed by atoms with van der Waals surface area (Å²) in [4.78, 5) is 0. The van der Waals surface area contributed by atoms with Gasteiger partial charge in [-0.3, -0.25) is 0 Å². The molecule has 2 rings (SSSR count). The Morgan fingerprint density at radius 1 is 1.57 bits per heavy atom. The number of aryl methyl sites for hydroxylation is 1. The van der Waals surface area contributed by atoms with Gasteiger partial charge in [0.1, 0.15) is 0 Å². The van der Waals surface area contributed by atoms with Gasteiger partial charge in [0.05, 0.1) is 0 Å². The first-order valence-corrected chi connectivity index (χ1v) is 5.08. The van der Waals surface area contributed by atoms with E-state index in [1.807, 2.05) is 6.08 Å². The zero-order chi connectivity index (χ0) is 9.97.